The second-order valence-corrected chi connectivity index (χ2v) is 4.03. The van der Waals surface area contributed by atoms with Gasteiger partial charge < -0.3 is 15.2 Å². The molecule has 94 valence electrons. The van der Waals surface area contributed by atoms with Crippen molar-refractivity contribution in [3.63, 3.8) is 0 Å². The Bertz CT molecular complexity index is 390. The molecular formula is C13H19NO3. The Morgan fingerprint density at radius 1 is 1.47 bits per heavy atom. The van der Waals surface area contributed by atoms with E-state index in [1.54, 1.807) is 0 Å². The summed E-state index contributed by atoms with van der Waals surface area (Å²) in [6.45, 7) is 6.53. The lowest BCUT2D eigenvalue weighted by Crippen LogP contribution is -2.41. The van der Waals surface area contributed by atoms with E-state index in [0.29, 0.717) is 6.54 Å². The predicted octanol–water partition coefficient (Wildman–Crippen LogP) is 1.74. The van der Waals surface area contributed by atoms with Gasteiger partial charge in [-0.1, -0.05) is 19.1 Å². The second kappa shape index (κ2) is 6.25. The topological polar surface area (TPSA) is 58.6 Å². The van der Waals surface area contributed by atoms with E-state index in [2.05, 4.69) is 5.32 Å². The zero-order chi connectivity index (χ0) is 12.8. The molecule has 0 heterocycles. The molecule has 1 aromatic carbocycles. The number of nitrogens with one attached hydrogen (secondary N) is 1. The quantitative estimate of drug-likeness (QED) is 0.791. The van der Waals surface area contributed by atoms with E-state index in [-0.39, 0.29) is 6.61 Å². The molecule has 17 heavy (non-hydrogen) atoms. The predicted molar refractivity (Wildman–Crippen MR) is 66.5 cm³/mol. The molecule has 0 saturated carbocycles. The van der Waals surface area contributed by atoms with Gasteiger partial charge in [0.1, 0.15) is 18.4 Å². The number of rotatable bonds is 6. The highest BCUT2D eigenvalue weighted by Gasteiger charge is 2.16. The van der Waals surface area contributed by atoms with Crippen LogP contribution in [0.25, 0.3) is 0 Å². The second-order valence-electron chi connectivity index (χ2n) is 4.03. The Labute approximate surface area is 102 Å². The summed E-state index contributed by atoms with van der Waals surface area (Å²) in [4.78, 5) is 10.9. The fraction of sp³-hybridized carbons (Fsp3) is 0.462. The van der Waals surface area contributed by atoms with Crippen LogP contribution in [0.5, 0.6) is 5.75 Å². The van der Waals surface area contributed by atoms with Crippen LogP contribution >= 0.6 is 0 Å². The molecule has 0 spiro atoms. The lowest BCUT2D eigenvalue weighted by Gasteiger charge is -2.15. The van der Waals surface area contributed by atoms with Crippen LogP contribution in [-0.4, -0.2) is 30.3 Å². The number of aryl methyl sites for hydroxylation is 2. The van der Waals surface area contributed by atoms with Crippen LogP contribution in [-0.2, 0) is 4.79 Å². The van der Waals surface area contributed by atoms with Gasteiger partial charge in [-0.15, -0.1) is 0 Å². The van der Waals surface area contributed by atoms with E-state index in [1.807, 2.05) is 39.0 Å². The molecular weight excluding hydrogens is 218 g/mol. The maximum absolute atomic E-state index is 10.9. The molecule has 0 bridgehead atoms. The van der Waals surface area contributed by atoms with E-state index >= 15 is 0 Å². The van der Waals surface area contributed by atoms with Crippen molar-refractivity contribution in [2.45, 2.75) is 26.8 Å². The van der Waals surface area contributed by atoms with Gasteiger partial charge in [0, 0.05) is 0 Å². The number of carboxylic acids is 1. The summed E-state index contributed by atoms with van der Waals surface area (Å²) in [6, 6.07) is 5.22. The molecule has 1 atom stereocenters. The summed E-state index contributed by atoms with van der Waals surface area (Å²) in [5, 5.41) is 11.8. The largest absolute Gasteiger partial charge is 0.491 e. The lowest BCUT2D eigenvalue weighted by atomic mass is 10.1. The first-order valence-electron chi connectivity index (χ1n) is 5.70. The number of ether oxygens (including phenoxy) is 1. The van der Waals surface area contributed by atoms with Gasteiger partial charge in [0.2, 0.25) is 0 Å². The Morgan fingerprint density at radius 2 is 2.18 bits per heavy atom. The minimum Gasteiger partial charge on any atom is -0.491 e. The summed E-state index contributed by atoms with van der Waals surface area (Å²) in [6.07, 6.45) is 0. The van der Waals surface area contributed by atoms with Gasteiger partial charge in [0.05, 0.1) is 0 Å². The van der Waals surface area contributed by atoms with E-state index < -0.39 is 12.0 Å². The average Bonchev–Trinajstić information content (AvgIpc) is 2.28. The van der Waals surface area contributed by atoms with E-state index in [4.69, 9.17) is 9.84 Å². The maximum Gasteiger partial charge on any atom is 0.324 e. The molecule has 0 aliphatic heterocycles. The number of carboxylic acid groups (broad SMARTS) is 1. The zero-order valence-corrected chi connectivity index (χ0v) is 10.5. The molecule has 1 aromatic rings. The Kier molecular flexibility index (Phi) is 4.97. The molecule has 0 fully saturated rings. The Morgan fingerprint density at radius 3 is 2.76 bits per heavy atom. The summed E-state index contributed by atoms with van der Waals surface area (Å²) in [5.41, 5.74) is 2.11. The van der Waals surface area contributed by atoms with Gasteiger partial charge in [-0.25, -0.2) is 0 Å². The minimum atomic E-state index is -0.892. The lowest BCUT2D eigenvalue weighted by molar-refractivity contribution is -0.140. The van der Waals surface area contributed by atoms with E-state index in [0.717, 1.165) is 16.9 Å². The van der Waals surface area contributed by atoms with Crippen molar-refractivity contribution in [1.82, 2.24) is 5.32 Å². The zero-order valence-electron chi connectivity index (χ0n) is 10.5. The molecule has 0 aliphatic carbocycles. The van der Waals surface area contributed by atoms with Gasteiger partial charge in [0.15, 0.2) is 0 Å². The van der Waals surface area contributed by atoms with Gasteiger partial charge in [0.25, 0.3) is 0 Å². The van der Waals surface area contributed by atoms with Crippen LogP contribution < -0.4 is 10.1 Å². The van der Waals surface area contributed by atoms with Crippen LogP contribution in [0, 0.1) is 13.8 Å². The van der Waals surface area contributed by atoms with Crippen LogP contribution in [0.15, 0.2) is 18.2 Å². The number of hydrogen-bond donors (Lipinski definition) is 2. The number of benzene rings is 1. The minimum absolute atomic E-state index is 0.132. The molecule has 1 unspecified atom stereocenters. The highest BCUT2D eigenvalue weighted by molar-refractivity contribution is 5.73. The van der Waals surface area contributed by atoms with Gasteiger partial charge in [-0.3, -0.25) is 4.79 Å². The van der Waals surface area contributed by atoms with Gasteiger partial charge in [-0.05, 0) is 37.6 Å². The fourth-order valence-electron chi connectivity index (χ4n) is 1.50. The summed E-state index contributed by atoms with van der Waals surface area (Å²) < 4.78 is 5.55. The van der Waals surface area contributed by atoms with Crippen LogP contribution in [0.2, 0.25) is 0 Å². The molecule has 4 nitrogen and oxygen atoms in total. The normalized spacial score (nSPS) is 12.2. The average molecular weight is 237 g/mol. The maximum atomic E-state index is 10.9. The summed E-state index contributed by atoms with van der Waals surface area (Å²) >= 11 is 0. The van der Waals surface area contributed by atoms with Crippen molar-refractivity contribution >= 4 is 5.97 Å². The van der Waals surface area contributed by atoms with Gasteiger partial charge >= 0.3 is 5.97 Å². The highest BCUT2D eigenvalue weighted by Crippen LogP contribution is 2.19. The van der Waals surface area contributed by atoms with Crippen molar-refractivity contribution in [3.8, 4) is 5.75 Å². The third-order valence-electron chi connectivity index (χ3n) is 2.50. The molecule has 0 amide bonds. The molecule has 0 aliphatic rings. The van der Waals surface area contributed by atoms with E-state index in [1.165, 1.54) is 0 Å². The monoisotopic (exact) mass is 237 g/mol. The van der Waals surface area contributed by atoms with Crippen LogP contribution in [0.4, 0.5) is 0 Å². The molecule has 2 N–H and O–H groups in total. The summed E-state index contributed by atoms with van der Waals surface area (Å²) in [5.74, 6) is -0.147. The van der Waals surface area contributed by atoms with Crippen molar-refractivity contribution < 1.29 is 14.6 Å². The van der Waals surface area contributed by atoms with Crippen molar-refractivity contribution in [1.29, 1.82) is 0 Å². The third kappa shape index (κ3) is 4.07. The summed E-state index contributed by atoms with van der Waals surface area (Å²) in [7, 11) is 0. The van der Waals surface area contributed by atoms with Crippen molar-refractivity contribution in [2.24, 2.45) is 0 Å². The number of carbonyl (C=O) groups is 1. The van der Waals surface area contributed by atoms with Crippen LogP contribution in [0.3, 0.4) is 0 Å². The highest BCUT2D eigenvalue weighted by atomic mass is 16.5. The third-order valence-corrected chi connectivity index (χ3v) is 2.50. The molecule has 0 aromatic heterocycles. The molecule has 0 saturated heterocycles. The van der Waals surface area contributed by atoms with Crippen LogP contribution in [0.1, 0.15) is 18.1 Å². The van der Waals surface area contributed by atoms with Gasteiger partial charge in [-0.2, -0.15) is 0 Å². The number of aliphatic carboxylic acids is 1. The first-order valence-corrected chi connectivity index (χ1v) is 5.70. The molecule has 4 heteroatoms. The molecule has 1 rings (SSSR count). The van der Waals surface area contributed by atoms with E-state index in [9.17, 15) is 4.79 Å². The standard InChI is InChI=1S/C13H19NO3/c1-4-14-11(13(15)16)8-17-12-7-9(2)5-6-10(12)3/h5-7,11,14H,4,8H2,1-3H3,(H,15,16). The molecule has 0 radical (unpaired) electrons. The smallest absolute Gasteiger partial charge is 0.324 e. The van der Waals surface area contributed by atoms with Crippen molar-refractivity contribution in [2.75, 3.05) is 13.2 Å². The number of hydrogen-bond acceptors (Lipinski definition) is 3. The SMILES string of the molecule is CCNC(COc1cc(C)ccc1C)C(=O)O. The van der Waals surface area contributed by atoms with Crippen molar-refractivity contribution in [3.05, 3.63) is 29.3 Å². The first-order chi connectivity index (χ1) is 8.04. The Hall–Kier alpha value is -1.55. The first kappa shape index (κ1) is 13.5. The Balaban J connectivity index is 2.64. The fourth-order valence-corrected chi connectivity index (χ4v) is 1.50. The number of likely N-dealkylation sites (N-methyl/N-ethyl adjacent to an activating group) is 1.